The number of nitrogens with zero attached hydrogens (tertiary/aromatic N) is 2. The maximum atomic E-state index is 8.51. The lowest BCUT2D eigenvalue weighted by atomic mass is 10.2. The van der Waals surface area contributed by atoms with Crippen LogP contribution in [0.5, 0.6) is 0 Å². The fourth-order valence-corrected chi connectivity index (χ4v) is 0.882. The van der Waals surface area contributed by atoms with Gasteiger partial charge in [0, 0.05) is 18.0 Å². The Morgan fingerprint density at radius 2 is 2.23 bits per heavy atom. The van der Waals surface area contributed by atoms with E-state index in [4.69, 9.17) is 5.11 Å². The molecule has 0 aromatic carbocycles. The van der Waals surface area contributed by atoms with Crippen molar-refractivity contribution in [3.8, 4) is 0 Å². The van der Waals surface area contributed by atoms with Crippen molar-refractivity contribution in [3.05, 3.63) is 30.1 Å². The van der Waals surface area contributed by atoms with Crippen LogP contribution in [0.1, 0.15) is 12.5 Å². The number of aromatic nitrogens is 1. The molecular weight excluding hydrogens is 166 g/mol. The zero-order chi connectivity index (χ0) is 9.52. The van der Waals surface area contributed by atoms with Crippen LogP contribution in [0.15, 0.2) is 29.6 Å². The van der Waals surface area contributed by atoms with Crippen LogP contribution in [0, 0.1) is 0 Å². The average Bonchev–Trinajstić information content (AvgIpc) is 2.19. The van der Waals surface area contributed by atoms with E-state index in [9.17, 15) is 0 Å². The summed E-state index contributed by atoms with van der Waals surface area (Å²) < 4.78 is 0. The smallest absolute Gasteiger partial charge is 0.0645 e. The topological polar surface area (TPSA) is 57.5 Å². The largest absolute Gasteiger partial charge is 0.394 e. The third-order valence-electron chi connectivity index (χ3n) is 1.57. The predicted octanol–water partition coefficient (Wildman–Crippen LogP) is 0.387. The summed E-state index contributed by atoms with van der Waals surface area (Å²) in [7, 11) is 0. The summed E-state index contributed by atoms with van der Waals surface area (Å²) in [5.41, 5.74) is 4.66. The van der Waals surface area contributed by atoms with Crippen LogP contribution in [-0.4, -0.2) is 29.0 Å². The Bertz CT molecular complexity index is 271. The van der Waals surface area contributed by atoms with Crippen LogP contribution in [0.2, 0.25) is 0 Å². The van der Waals surface area contributed by atoms with E-state index in [-0.39, 0.29) is 6.61 Å². The molecule has 0 fully saturated rings. The second-order valence-electron chi connectivity index (χ2n) is 2.56. The van der Waals surface area contributed by atoms with Crippen molar-refractivity contribution in [1.82, 2.24) is 10.4 Å². The molecule has 0 aliphatic carbocycles. The van der Waals surface area contributed by atoms with Gasteiger partial charge >= 0.3 is 0 Å². The minimum absolute atomic E-state index is 0.0904. The molecule has 0 saturated heterocycles. The van der Waals surface area contributed by atoms with Crippen LogP contribution < -0.4 is 5.43 Å². The number of aliphatic hydroxyl groups is 1. The molecule has 0 amide bonds. The van der Waals surface area contributed by atoms with E-state index in [1.54, 1.807) is 12.4 Å². The lowest BCUT2D eigenvalue weighted by Gasteiger charge is -2.00. The first-order chi connectivity index (χ1) is 6.34. The monoisotopic (exact) mass is 179 g/mol. The standard InChI is InChI=1S/C9H13N3O/c1-8(12-11-6-7-13)9-2-4-10-5-3-9/h2-5,11,13H,6-7H2,1H3/b12-8-. The Morgan fingerprint density at radius 3 is 2.85 bits per heavy atom. The number of hydrazone groups is 1. The summed E-state index contributed by atoms with van der Waals surface area (Å²) in [5.74, 6) is 0. The van der Waals surface area contributed by atoms with E-state index >= 15 is 0 Å². The number of nitrogens with one attached hydrogen (secondary N) is 1. The fraction of sp³-hybridized carbons (Fsp3) is 0.333. The van der Waals surface area contributed by atoms with Crippen LogP contribution in [0.4, 0.5) is 0 Å². The second kappa shape index (κ2) is 5.27. The van der Waals surface area contributed by atoms with E-state index < -0.39 is 0 Å². The molecule has 4 nitrogen and oxygen atoms in total. The Morgan fingerprint density at radius 1 is 1.54 bits per heavy atom. The van der Waals surface area contributed by atoms with E-state index in [1.807, 2.05) is 19.1 Å². The van der Waals surface area contributed by atoms with Crippen molar-refractivity contribution in [2.24, 2.45) is 5.10 Å². The number of hydrogen-bond acceptors (Lipinski definition) is 4. The van der Waals surface area contributed by atoms with Gasteiger partial charge in [0.15, 0.2) is 0 Å². The van der Waals surface area contributed by atoms with Gasteiger partial charge in [-0.25, -0.2) is 0 Å². The zero-order valence-corrected chi connectivity index (χ0v) is 7.57. The van der Waals surface area contributed by atoms with E-state index in [0.29, 0.717) is 6.54 Å². The molecule has 2 N–H and O–H groups in total. The highest BCUT2D eigenvalue weighted by Gasteiger charge is 1.94. The molecular formula is C9H13N3O. The summed E-state index contributed by atoms with van der Waals surface area (Å²) in [4.78, 5) is 3.91. The lowest BCUT2D eigenvalue weighted by Crippen LogP contribution is -2.13. The molecule has 13 heavy (non-hydrogen) atoms. The van der Waals surface area contributed by atoms with Crippen molar-refractivity contribution in [2.45, 2.75) is 6.92 Å². The molecule has 0 bridgehead atoms. The normalized spacial score (nSPS) is 11.4. The SMILES string of the molecule is C/C(=N/NCCO)c1ccncc1. The van der Waals surface area contributed by atoms with Gasteiger partial charge in [-0.3, -0.25) is 4.98 Å². The van der Waals surface area contributed by atoms with E-state index in [2.05, 4.69) is 15.5 Å². The molecule has 0 saturated carbocycles. The third-order valence-corrected chi connectivity index (χ3v) is 1.57. The van der Waals surface area contributed by atoms with E-state index in [1.165, 1.54) is 0 Å². The number of pyridine rings is 1. The Labute approximate surface area is 77.3 Å². The Kier molecular flexibility index (Phi) is 3.92. The van der Waals surface area contributed by atoms with Crippen LogP contribution in [0.25, 0.3) is 0 Å². The van der Waals surface area contributed by atoms with Crippen LogP contribution in [0.3, 0.4) is 0 Å². The molecule has 1 aromatic rings. The molecule has 0 radical (unpaired) electrons. The highest BCUT2D eigenvalue weighted by Crippen LogP contribution is 1.97. The van der Waals surface area contributed by atoms with Gasteiger partial charge in [0.25, 0.3) is 0 Å². The third kappa shape index (κ3) is 3.21. The highest BCUT2D eigenvalue weighted by atomic mass is 16.3. The van der Waals surface area contributed by atoms with Gasteiger partial charge in [-0.15, -0.1) is 0 Å². The first kappa shape index (κ1) is 9.67. The van der Waals surface area contributed by atoms with Gasteiger partial charge in [0.05, 0.1) is 18.9 Å². The van der Waals surface area contributed by atoms with E-state index in [0.717, 1.165) is 11.3 Å². The summed E-state index contributed by atoms with van der Waals surface area (Å²) in [6.07, 6.45) is 3.45. The molecule has 70 valence electrons. The van der Waals surface area contributed by atoms with Crippen LogP contribution >= 0.6 is 0 Å². The molecule has 4 heteroatoms. The lowest BCUT2D eigenvalue weighted by molar-refractivity contribution is 0.293. The molecule has 0 aliphatic heterocycles. The summed E-state index contributed by atoms with van der Waals surface area (Å²) in [5, 5.41) is 12.6. The number of hydrogen-bond donors (Lipinski definition) is 2. The molecule has 1 aromatic heterocycles. The highest BCUT2D eigenvalue weighted by molar-refractivity contribution is 5.98. The zero-order valence-electron chi connectivity index (χ0n) is 7.57. The van der Waals surface area contributed by atoms with Crippen molar-refractivity contribution in [1.29, 1.82) is 0 Å². The first-order valence-electron chi connectivity index (χ1n) is 4.13. The van der Waals surface area contributed by atoms with Gasteiger partial charge in [0.2, 0.25) is 0 Å². The summed E-state index contributed by atoms with van der Waals surface area (Å²) in [6, 6.07) is 3.78. The summed E-state index contributed by atoms with van der Waals surface area (Å²) >= 11 is 0. The molecule has 1 heterocycles. The average molecular weight is 179 g/mol. The molecule has 0 atom stereocenters. The van der Waals surface area contributed by atoms with Gasteiger partial charge in [-0.1, -0.05) is 0 Å². The van der Waals surface area contributed by atoms with Crippen molar-refractivity contribution >= 4 is 5.71 Å². The van der Waals surface area contributed by atoms with Crippen molar-refractivity contribution < 1.29 is 5.11 Å². The van der Waals surface area contributed by atoms with Gasteiger partial charge in [0.1, 0.15) is 0 Å². The second-order valence-corrected chi connectivity index (χ2v) is 2.56. The number of aliphatic hydroxyl groups excluding tert-OH is 1. The van der Waals surface area contributed by atoms with Crippen molar-refractivity contribution in [2.75, 3.05) is 13.2 Å². The predicted molar refractivity (Wildman–Crippen MR) is 51.5 cm³/mol. The molecule has 0 spiro atoms. The minimum atomic E-state index is 0.0904. The number of rotatable bonds is 4. The summed E-state index contributed by atoms with van der Waals surface area (Å²) in [6.45, 7) is 2.47. The quantitative estimate of drug-likeness (QED) is 0.399. The fourth-order valence-electron chi connectivity index (χ4n) is 0.882. The maximum absolute atomic E-state index is 8.51. The van der Waals surface area contributed by atoms with Crippen molar-refractivity contribution in [3.63, 3.8) is 0 Å². The van der Waals surface area contributed by atoms with Gasteiger partial charge in [-0.2, -0.15) is 5.10 Å². The molecule has 0 aliphatic rings. The first-order valence-corrected chi connectivity index (χ1v) is 4.13. The maximum Gasteiger partial charge on any atom is 0.0645 e. The van der Waals surface area contributed by atoms with Crippen LogP contribution in [-0.2, 0) is 0 Å². The Balaban J connectivity index is 2.57. The molecule has 1 rings (SSSR count). The molecule has 0 unspecified atom stereocenters. The minimum Gasteiger partial charge on any atom is -0.394 e. The van der Waals surface area contributed by atoms with Gasteiger partial charge in [-0.05, 0) is 19.1 Å². The van der Waals surface area contributed by atoms with Gasteiger partial charge < -0.3 is 10.5 Å². The Hall–Kier alpha value is -1.42.